The molecule has 4 nitrogen and oxygen atoms in total. The highest BCUT2D eigenvalue weighted by Crippen LogP contribution is 2.35. The molecular formula is C14H12BrIN2O2. The lowest BCUT2D eigenvalue weighted by molar-refractivity contribution is 0.102. The number of methoxy groups -OCH3 is 1. The molecule has 2 rings (SSSR count). The number of carbonyl (C=O) groups excluding carboxylic acids is 1. The number of carbonyl (C=O) groups is 1. The van der Waals surface area contributed by atoms with Crippen molar-refractivity contribution in [3.63, 3.8) is 0 Å². The molecule has 0 bridgehead atoms. The fourth-order valence-electron chi connectivity index (χ4n) is 1.67. The zero-order valence-corrected chi connectivity index (χ0v) is 14.4. The van der Waals surface area contributed by atoms with Crippen molar-refractivity contribution in [3.05, 3.63) is 50.0 Å². The van der Waals surface area contributed by atoms with Gasteiger partial charge in [-0.2, -0.15) is 0 Å². The predicted octanol–water partition coefficient (Wildman–Crippen LogP) is 3.90. The van der Waals surface area contributed by atoms with E-state index in [0.29, 0.717) is 27.2 Å². The summed E-state index contributed by atoms with van der Waals surface area (Å²) >= 11 is 5.57. The van der Waals surface area contributed by atoms with Crippen LogP contribution in [0.15, 0.2) is 40.9 Å². The number of halogens is 2. The van der Waals surface area contributed by atoms with E-state index in [1.807, 2.05) is 12.1 Å². The lowest BCUT2D eigenvalue weighted by atomic mass is 10.2. The average Bonchev–Trinajstić information content (AvgIpc) is 2.42. The van der Waals surface area contributed by atoms with Crippen LogP contribution in [-0.2, 0) is 0 Å². The molecule has 0 saturated carbocycles. The van der Waals surface area contributed by atoms with Gasteiger partial charge in [-0.25, -0.2) is 0 Å². The van der Waals surface area contributed by atoms with E-state index in [2.05, 4.69) is 43.8 Å². The van der Waals surface area contributed by atoms with Crippen LogP contribution >= 0.6 is 38.5 Å². The van der Waals surface area contributed by atoms with Crippen LogP contribution in [0.4, 0.5) is 11.4 Å². The summed E-state index contributed by atoms with van der Waals surface area (Å²) in [7, 11) is 1.53. The zero-order chi connectivity index (χ0) is 14.7. The second-order valence-corrected chi connectivity index (χ2v) is 6.14. The van der Waals surface area contributed by atoms with Crippen molar-refractivity contribution in [1.82, 2.24) is 0 Å². The van der Waals surface area contributed by atoms with E-state index in [0.717, 1.165) is 3.57 Å². The van der Waals surface area contributed by atoms with E-state index < -0.39 is 0 Å². The minimum Gasteiger partial charge on any atom is -0.494 e. The molecule has 0 radical (unpaired) electrons. The molecule has 0 heterocycles. The molecule has 1 amide bonds. The van der Waals surface area contributed by atoms with Crippen LogP contribution in [0, 0.1) is 3.57 Å². The molecule has 20 heavy (non-hydrogen) atoms. The quantitative estimate of drug-likeness (QED) is 0.555. The Labute approximate surface area is 139 Å². The van der Waals surface area contributed by atoms with Crippen LogP contribution in [0.25, 0.3) is 0 Å². The third-order valence-electron chi connectivity index (χ3n) is 2.64. The lowest BCUT2D eigenvalue weighted by Gasteiger charge is -2.13. The minimum absolute atomic E-state index is 0.204. The maximum absolute atomic E-state index is 12.2. The predicted molar refractivity (Wildman–Crippen MR) is 92.2 cm³/mol. The normalized spacial score (nSPS) is 10.2. The standard InChI is InChI=1S/C14H12BrIN2O2/c1-20-12-7-10(17)6-11(15)13(12)18-14(19)8-2-4-9(16)5-3-8/h2-7H,17H2,1H3,(H,18,19). The molecule has 0 aromatic heterocycles. The highest BCUT2D eigenvalue weighted by Gasteiger charge is 2.13. The molecule has 6 heteroatoms. The molecule has 2 aromatic rings. The molecule has 0 saturated heterocycles. The first-order valence-electron chi connectivity index (χ1n) is 5.71. The molecule has 0 spiro atoms. The number of nitrogens with two attached hydrogens (primary N) is 1. The Balaban J connectivity index is 2.30. The molecule has 0 aliphatic rings. The van der Waals surface area contributed by atoms with E-state index in [-0.39, 0.29) is 5.91 Å². The fourth-order valence-corrected chi connectivity index (χ4v) is 2.59. The van der Waals surface area contributed by atoms with Crippen LogP contribution in [0.1, 0.15) is 10.4 Å². The van der Waals surface area contributed by atoms with Crippen molar-refractivity contribution in [3.8, 4) is 5.75 Å². The van der Waals surface area contributed by atoms with Gasteiger partial charge < -0.3 is 15.8 Å². The molecule has 0 unspecified atom stereocenters. The van der Waals surface area contributed by atoms with Gasteiger partial charge in [-0.15, -0.1) is 0 Å². The van der Waals surface area contributed by atoms with Crippen LogP contribution in [0.3, 0.4) is 0 Å². The van der Waals surface area contributed by atoms with Crippen LogP contribution in [-0.4, -0.2) is 13.0 Å². The Morgan fingerprint density at radius 1 is 1.30 bits per heavy atom. The van der Waals surface area contributed by atoms with Crippen molar-refractivity contribution in [1.29, 1.82) is 0 Å². The van der Waals surface area contributed by atoms with Gasteiger partial charge in [0.05, 0.1) is 12.8 Å². The number of nitrogens with one attached hydrogen (secondary N) is 1. The topological polar surface area (TPSA) is 64.3 Å². The molecule has 2 aromatic carbocycles. The summed E-state index contributed by atoms with van der Waals surface area (Å²) in [6.07, 6.45) is 0. The Morgan fingerprint density at radius 2 is 1.95 bits per heavy atom. The first-order valence-corrected chi connectivity index (χ1v) is 7.58. The van der Waals surface area contributed by atoms with Gasteiger partial charge in [-0.1, -0.05) is 0 Å². The third-order valence-corrected chi connectivity index (χ3v) is 3.99. The van der Waals surface area contributed by atoms with Gasteiger partial charge in [-0.05, 0) is 68.9 Å². The van der Waals surface area contributed by atoms with Gasteiger partial charge >= 0.3 is 0 Å². The summed E-state index contributed by atoms with van der Waals surface area (Å²) in [5.74, 6) is 0.306. The number of anilines is 2. The molecule has 0 atom stereocenters. The zero-order valence-electron chi connectivity index (χ0n) is 10.6. The second-order valence-electron chi connectivity index (χ2n) is 4.04. The summed E-state index contributed by atoms with van der Waals surface area (Å²) < 4.78 is 6.99. The van der Waals surface area contributed by atoms with E-state index in [1.54, 1.807) is 24.3 Å². The monoisotopic (exact) mass is 446 g/mol. The second kappa shape index (κ2) is 6.45. The highest BCUT2D eigenvalue weighted by atomic mass is 127. The third kappa shape index (κ3) is 3.43. The van der Waals surface area contributed by atoms with Gasteiger partial charge in [-0.3, -0.25) is 4.79 Å². The van der Waals surface area contributed by atoms with Crippen LogP contribution in [0.5, 0.6) is 5.75 Å². The molecule has 0 aliphatic heterocycles. The molecular weight excluding hydrogens is 435 g/mol. The number of amides is 1. The van der Waals surface area contributed by atoms with E-state index >= 15 is 0 Å². The van der Waals surface area contributed by atoms with Crippen LogP contribution in [0.2, 0.25) is 0 Å². The number of hydrogen-bond acceptors (Lipinski definition) is 3. The van der Waals surface area contributed by atoms with Gasteiger partial charge in [0.2, 0.25) is 0 Å². The van der Waals surface area contributed by atoms with Crippen molar-refractivity contribution in [2.45, 2.75) is 0 Å². The Bertz CT molecular complexity index is 644. The maximum atomic E-state index is 12.2. The van der Waals surface area contributed by atoms with Gasteiger partial charge in [0.15, 0.2) is 0 Å². The largest absolute Gasteiger partial charge is 0.494 e. The minimum atomic E-state index is -0.204. The maximum Gasteiger partial charge on any atom is 0.255 e. The van der Waals surface area contributed by atoms with Gasteiger partial charge in [0.1, 0.15) is 5.75 Å². The summed E-state index contributed by atoms with van der Waals surface area (Å²) in [6.45, 7) is 0. The van der Waals surface area contributed by atoms with Crippen LogP contribution < -0.4 is 15.8 Å². The molecule has 0 fully saturated rings. The number of nitrogen functional groups attached to an aromatic ring is 1. The first kappa shape index (κ1) is 15.1. The molecule has 104 valence electrons. The first-order chi connectivity index (χ1) is 9.51. The number of benzene rings is 2. The van der Waals surface area contributed by atoms with Crippen molar-refractivity contribution < 1.29 is 9.53 Å². The van der Waals surface area contributed by atoms with Crippen molar-refractivity contribution in [2.75, 3.05) is 18.2 Å². The Hall–Kier alpha value is -1.28. The number of hydrogen-bond donors (Lipinski definition) is 2. The number of ether oxygens (including phenoxy) is 1. The number of rotatable bonds is 3. The van der Waals surface area contributed by atoms with Crippen molar-refractivity contribution >= 4 is 55.8 Å². The summed E-state index contributed by atoms with van der Waals surface area (Å²) in [6, 6.07) is 10.7. The van der Waals surface area contributed by atoms with Gasteiger partial charge in [0.25, 0.3) is 5.91 Å². The van der Waals surface area contributed by atoms with Gasteiger partial charge in [0, 0.05) is 25.4 Å². The van der Waals surface area contributed by atoms with E-state index in [1.165, 1.54) is 7.11 Å². The highest BCUT2D eigenvalue weighted by molar-refractivity contribution is 14.1. The van der Waals surface area contributed by atoms with E-state index in [4.69, 9.17) is 10.5 Å². The SMILES string of the molecule is COc1cc(N)cc(Br)c1NC(=O)c1ccc(I)cc1. The smallest absolute Gasteiger partial charge is 0.255 e. The molecule has 0 aliphatic carbocycles. The summed E-state index contributed by atoms with van der Waals surface area (Å²) in [5.41, 5.74) is 7.44. The van der Waals surface area contributed by atoms with E-state index in [9.17, 15) is 4.79 Å². The fraction of sp³-hybridized carbons (Fsp3) is 0.0714. The molecule has 3 N–H and O–H groups in total. The van der Waals surface area contributed by atoms with Crippen molar-refractivity contribution in [2.24, 2.45) is 0 Å². The Kier molecular flexibility index (Phi) is 4.87. The lowest BCUT2D eigenvalue weighted by Crippen LogP contribution is -2.13. The summed E-state index contributed by atoms with van der Waals surface area (Å²) in [5, 5.41) is 2.82. The Morgan fingerprint density at radius 3 is 2.55 bits per heavy atom. The summed E-state index contributed by atoms with van der Waals surface area (Å²) in [4.78, 5) is 12.2. The average molecular weight is 447 g/mol.